The number of carbonyl (C=O) groups excluding carboxylic acids is 1. The van der Waals surface area contributed by atoms with Crippen LogP contribution in [0.4, 0.5) is 4.53 Å². The number of rotatable bonds is 17. The summed E-state index contributed by atoms with van der Waals surface area (Å²) in [6, 6.07) is 11.7. The predicted molar refractivity (Wildman–Crippen MR) is 165 cm³/mol. The lowest BCUT2D eigenvalue weighted by Crippen LogP contribution is -2.20. The number of ether oxygens (including phenoxy) is 1. The predicted octanol–water partition coefficient (Wildman–Crippen LogP) is 7.50. The molecule has 0 aliphatic carbocycles. The van der Waals surface area contributed by atoms with E-state index >= 15 is 0 Å². The number of aromatic nitrogens is 2. The molecule has 0 atom stereocenters. The summed E-state index contributed by atoms with van der Waals surface area (Å²) in [7, 11) is 1.61. The lowest BCUT2D eigenvalue weighted by atomic mass is 10.1. The number of nitrogens with one attached hydrogen (secondary N) is 3. The third kappa shape index (κ3) is 9.47. The summed E-state index contributed by atoms with van der Waals surface area (Å²) in [5, 5.41) is 14.6. The van der Waals surface area contributed by atoms with E-state index < -0.39 is 0 Å². The van der Waals surface area contributed by atoms with Crippen molar-refractivity contribution in [1.29, 1.82) is 0 Å². The number of hydrogen-bond acceptors (Lipinski definition) is 7. The van der Waals surface area contributed by atoms with Gasteiger partial charge in [-0.05, 0) is 79.3 Å². The van der Waals surface area contributed by atoms with Crippen molar-refractivity contribution in [2.45, 2.75) is 48.8 Å². The Kier molecular flexibility index (Phi) is 12.9. The van der Waals surface area contributed by atoms with Crippen LogP contribution in [-0.4, -0.2) is 36.0 Å². The molecular formula is C31H36FN5O3S. The largest absolute Gasteiger partial charge is 0.493 e. The third-order valence-electron chi connectivity index (χ3n) is 6.03. The van der Waals surface area contributed by atoms with Gasteiger partial charge in [-0.25, -0.2) is 5.48 Å². The smallest absolute Gasteiger partial charge is 0.255 e. The molecule has 0 fully saturated rings. The van der Waals surface area contributed by atoms with Gasteiger partial charge in [0.15, 0.2) is 0 Å². The molecule has 2 aromatic carbocycles. The number of fused-ring (bicyclic) bond motifs is 1. The van der Waals surface area contributed by atoms with Gasteiger partial charge in [-0.2, -0.15) is 5.10 Å². The highest BCUT2D eigenvalue weighted by Gasteiger charge is 2.18. The molecule has 0 bridgehead atoms. The Morgan fingerprint density at radius 3 is 2.80 bits per heavy atom. The van der Waals surface area contributed by atoms with Crippen LogP contribution in [0.2, 0.25) is 0 Å². The van der Waals surface area contributed by atoms with Crippen LogP contribution in [0, 0.1) is 0 Å². The molecule has 3 rings (SSSR count). The van der Waals surface area contributed by atoms with Crippen molar-refractivity contribution in [3.8, 4) is 5.75 Å². The van der Waals surface area contributed by atoms with Gasteiger partial charge in [-0.1, -0.05) is 54.9 Å². The highest BCUT2D eigenvalue weighted by Crippen LogP contribution is 2.36. The Morgan fingerprint density at radius 2 is 2.05 bits per heavy atom. The fourth-order valence-electron chi connectivity index (χ4n) is 4.06. The zero-order valence-corrected chi connectivity index (χ0v) is 24.2. The first-order chi connectivity index (χ1) is 20.0. The van der Waals surface area contributed by atoms with Crippen LogP contribution in [0.1, 0.15) is 55.1 Å². The molecule has 0 saturated carbocycles. The van der Waals surface area contributed by atoms with E-state index in [9.17, 15) is 9.32 Å². The quantitative estimate of drug-likeness (QED) is 0.0665. The first-order valence-corrected chi connectivity index (χ1v) is 14.2. The molecule has 216 valence electrons. The molecule has 3 aromatic rings. The number of aliphatic imine (C=N–C) groups is 1. The zero-order chi connectivity index (χ0) is 29.5. The summed E-state index contributed by atoms with van der Waals surface area (Å²) >= 11 is 1.49. The third-order valence-corrected chi connectivity index (χ3v) is 7.08. The van der Waals surface area contributed by atoms with Gasteiger partial charge in [0.2, 0.25) is 0 Å². The second-order valence-corrected chi connectivity index (χ2v) is 10.1. The summed E-state index contributed by atoms with van der Waals surface area (Å²) in [6.07, 6.45) is 13.3. The summed E-state index contributed by atoms with van der Waals surface area (Å²) in [6.45, 7) is 9.75. The van der Waals surface area contributed by atoms with Gasteiger partial charge >= 0.3 is 0 Å². The van der Waals surface area contributed by atoms with Crippen molar-refractivity contribution in [2.75, 3.05) is 13.7 Å². The number of nitrogens with zero attached hydrogens (tertiary/aromatic N) is 2. The molecule has 3 N–H and O–H groups in total. The topological polar surface area (TPSA) is 101 Å². The van der Waals surface area contributed by atoms with Gasteiger partial charge in [0.25, 0.3) is 5.91 Å². The number of H-pyrrole nitrogens is 1. The number of halogens is 1. The van der Waals surface area contributed by atoms with Crippen molar-refractivity contribution in [3.63, 3.8) is 0 Å². The first kappa shape index (κ1) is 31.4. The van der Waals surface area contributed by atoms with E-state index in [-0.39, 0.29) is 5.91 Å². The van der Waals surface area contributed by atoms with Crippen molar-refractivity contribution in [3.05, 3.63) is 90.4 Å². The minimum atomic E-state index is -0.211. The number of hydrogen-bond donors (Lipinski definition) is 3. The van der Waals surface area contributed by atoms with Gasteiger partial charge in [0.1, 0.15) is 5.75 Å². The number of hydroxylamine groups is 1. The average Bonchev–Trinajstić information content (AvgIpc) is 3.37. The molecule has 0 aliphatic heterocycles. The molecular weight excluding hydrogens is 541 g/mol. The molecule has 0 radical (unpaired) electrons. The average molecular weight is 578 g/mol. The number of aromatic amines is 1. The Hall–Kier alpha value is -4.15. The second-order valence-electron chi connectivity index (χ2n) is 8.97. The molecule has 41 heavy (non-hydrogen) atoms. The normalized spacial score (nSPS) is 11.8. The molecule has 0 saturated heterocycles. The number of carbonyl (C=O) groups is 1. The highest BCUT2D eigenvalue weighted by molar-refractivity contribution is 7.99. The van der Waals surface area contributed by atoms with Crippen molar-refractivity contribution in [2.24, 2.45) is 4.99 Å². The maximum Gasteiger partial charge on any atom is 0.255 e. The Bertz CT molecular complexity index is 1430. The Balaban J connectivity index is 1.69. The van der Waals surface area contributed by atoms with E-state index in [2.05, 4.69) is 44.2 Å². The minimum Gasteiger partial charge on any atom is -0.493 e. The van der Waals surface area contributed by atoms with Crippen molar-refractivity contribution < 1.29 is 19.1 Å². The monoisotopic (exact) mass is 577 g/mol. The molecule has 0 unspecified atom stereocenters. The van der Waals surface area contributed by atoms with E-state index in [4.69, 9.17) is 4.74 Å². The van der Waals surface area contributed by atoms with Crippen LogP contribution in [0.15, 0.2) is 94.0 Å². The van der Waals surface area contributed by atoms with Gasteiger partial charge in [-0.3, -0.25) is 14.9 Å². The maximum absolute atomic E-state index is 12.9. The number of amides is 1. The molecule has 10 heteroatoms. The lowest BCUT2D eigenvalue weighted by Gasteiger charge is -2.14. The number of benzene rings is 2. The molecule has 1 aromatic heterocycles. The van der Waals surface area contributed by atoms with Gasteiger partial charge in [-0.15, -0.1) is 0 Å². The maximum atomic E-state index is 12.9. The first-order valence-electron chi connectivity index (χ1n) is 13.4. The molecule has 0 aliphatic rings. The van der Waals surface area contributed by atoms with Gasteiger partial charge in [0.05, 0.1) is 29.1 Å². The van der Waals surface area contributed by atoms with E-state index in [1.54, 1.807) is 19.3 Å². The fourth-order valence-corrected chi connectivity index (χ4v) is 5.07. The van der Waals surface area contributed by atoms with Crippen LogP contribution in [0.5, 0.6) is 5.75 Å². The van der Waals surface area contributed by atoms with Gasteiger partial charge in [0, 0.05) is 34.1 Å². The van der Waals surface area contributed by atoms with E-state index in [1.807, 2.05) is 61.5 Å². The lowest BCUT2D eigenvalue weighted by molar-refractivity contribution is -0.181. The number of unbranched alkanes of at least 4 members (excludes halogenated alkanes) is 3. The van der Waals surface area contributed by atoms with Crippen LogP contribution in [-0.2, 0) is 5.04 Å². The van der Waals surface area contributed by atoms with Gasteiger partial charge < -0.3 is 10.1 Å². The SMILES string of the molecule is C=C/C=C(/C=C/c1n[nH]c2cc(Sc3cccc(OCCCCCCC(=C)NOF)c3C(=O)NC)ccc12)N=CC. The van der Waals surface area contributed by atoms with E-state index in [0.717, 1.165) is 57.8 Å². The van der Waals surface area contributed by atoms with Crippen LogP contribution >= 0.6 is 11.8 Å². The van der Waals surface area contributed by atoms with E-state index in [0.29, 0.717) is 30.0 Å². The van der Waals surface area contributed by atoms with Crippen molar-refractivity contribution >= 4 is 40.9 Å². The van der Waals surface area contributed by atoms with Crippen LogP contribution in [0.3, 0.4) is 0 Å². The molecule has 1 heterocycles. The minimum absolute atomic E-state index is 0.211. The van der Waals surface area contributed by atoms with Crippen molar-refractivity contribution in [1.82, 2.24) is 21.0 Å². The van der Waals surface area contributed by atoms with Crippen LogP contribution < -0.4 is 15.5 Å². The van der Waals surface area contributed by atoms with Crippen LogP contribution in [0.25, 0.3) is 17.0 Å². The summed E-state index contributed by atoms with van der Waals surface area (Å²) in [4.78, 5) is 18.9. The molecule has 8 nitrogen and oxygen atoms in total. The Morgan fingerprint density at radius 1 is 1.22 bits per heavy atom. The summed E-state index contributed by atoms with van der Waals surface area (Å²) in [5.41, 5.74) is 5.56. The highest BCUT2D eigenvalue weighted by atomic mass is 32.2. The molecule has 1 amide bonds. The standard InChI is InChI=1S/C31H36FN5O3S/c1-5-12-23(34-6-2)16-19-26-25-18-17-24(21-27(25)36-35-26)41-29-15-11-14-28(30(29)31(38)33-4)39-20-10-8-7-9-13-22(3)37-40-32/h5-6,11-12,14-19,21,37H,1,3,7-10,13,20H2,2,4H3,(H,33,38)(H,35,36)/b19-16+,23-12-,34-6?. The molecule has 0 spiro atoms. The summed E-state index contributed by atoms with van der Waals surface area (Å²) < 4.78 is 17.8. The zero-order valence-electron chi connectivity index (χ0n) is 23.4. The second kappa shape index (κ2) is 16.8. The Labute approximate surface area is 244 Å². The fraction of sp³-hybridized carbons (Fsp3) is 0.258. The number of allylic oxidation sites excluding steroid dienone is 4. The van der Waals surface area contributed by atoms with E-state index in [1.165, 1.54) is 11.8 Å². The summed E-state index contributed by atoms with van der Waals surface area (Å²) in [5.74, 6) is 0.331.